The fourth-order valence-electron chi connectivity index (χ4n) is 2.75. The number of nitrogens with zero attached hydrogens (tertiary/aromatic N) is 3. The second kappa shape index (κ2) is 8.06. The SMILES string of the molecule is CCOC(=O)c1csc(C2CCN(C(=O)C=Cc3cnc[nH]3)CC2)n1. The minimum atomic E-state index is -0.374. The van der Waals surface area contributed by atoms with Crippen LogP contribution >= 0.6 is 11.3 Å². The molecule has 2 aromatic heterocycles. The van der Waals surface area contributed by atoms with Gasteiger partial charge in [0.25, 0.3) is 0 Å². The number of likely N-dealkylation sites (tertiary alicyclic amines) is 1. The van der Waals surface area contributed by atoms with Gasteiger partial charge in [0, 0.05) is 30.5 Å². The van der Waals surface area contributed by atoms with Crippen LogP contribution in [0.3, 0.4) is 0 Å². The molecule has 3 rings (SSSR count). The van der Waals surface area contributed by atoms with Crippen molar-refractivity contribution in [2.24, 2.45) is 0 Å². The van der Waals surface area contributed by atoms with E-state index in [1.807, 2.05) is 4.90 Å². The predicted octanol–water partition coefficient (Wildman–Crippen LogP) is 2.46. The third kappa shape index (κ3) is 4.33. The Morgan fingerprint density at radius 2 is 2.24 bits per heavy atom. The summed E-state index contributed by atoms with van der Waals surface area (Å²) in [5.41, 5.74) is 1.18. The molecule has 7 nitrogen and oxygen atoms in total. The van der Waals surface area contributed by atoms with Crippen LogP contribution in [0.25, 0.3) is 6.08 Å². The Balaban J connectivity index is 1.53. The molecular formula is C17H20N4O3S. The van der Waals surface area contributed by atoms with Crippen LogP contribution in [-0.4, -0.2) is 51.4 Å². The molecule has 0 bridgehead atoms. The molecule has 3 heterocycles. The lowest BCUT2D eigenvalue weighted by atomic mass is 9.97. The maximum atomic E-state index is 12.2. The third-order valence-electron chi connectivity index (χ3n) is 4.09. The first kappa shape index (κ1) is 17.3. The lowest BCUT2D eigenvalue weighted by Crippen LogP contribution is -2.36. The molecule has 0 aromatic carbocycles. The summed E-state index contributed by atoms with van der Waals surface area (Å²) in [5.74, 6) is -0.0882. The Morgan fingerprint density at radius 1 is 1.44 bits per heavy atom. The van der Waals surface area contributed by atoms with Gasteiger partial charge in [-0.25, -0.2) is 14.8 Å². The number of thiazole rings is 1. The van der Waals surface area contributed by atoms with Crippen molar-refractivity contribution in [1.29, 1.82) is 0 Å². The number of ether oxygens (including phenoxy) is 1. The summed E-state index contributed by atoms with van der Waals surface area (Å²) in [7, 11) is 0. The van der Waals surface area contributed by atoms with Crippen LogP contribution in [0.4, 0.5) is 0 Å². The molecule has 0 atom stereocenters. The number of hydrogen-bond acceptors (Lipinski definition) is 6. The van der Waals surface area contributed by atoms with Crippen LogP contribution in [0.15, 0.2) is 24.0 Å². The fraction of sp³-hybridized carbons (Fsp3) is 0.412. The number of H-pyrrole nitrogens is 1. The highest BCUT2D eigenvalue weighted by Gasteiger charge is 2.25. The van der Waals surface area contributed by atoms with E-state index in [0.29, 0.717) is 25.4 Å². The minimum absolute atomic E-state index is 0.000554. The van der Waals surface area contributed by atoms with Gasteiger partial charge in [0.1, 0.15) is 0 Å². The molecule has 1 fully saturated rings. The van der Waals surface area contributed by atoms with Crippen LogP contribution in [-0.2, 0) is 9.53 Å². The molecule has 1 aliphatic rings. The van der Waals surface area contributed by atoms with E-state index in [0.717, 1.165) is 23.5 Å². The number of nitrogens with one attached hydrogen (secondary N) is 1. The Kier molecular flexibility index (Phi) is 5.60. The summed E-state index contributed by atoms with van der Waals surface area (Å²) >= 11 is 1.49. The van der Waals surface area contributed by atoms with Gasteiger partial charge in [-0.3, -0.25) is 4.79 Å². The number of amides is 1. The summed E-state index contributed by atoms with van der Waals surface area (Å²) < 4.78 is 4.97. The van der Waals surface area contributed by atoms with Gasteiger partial charge < -0.3 is 14.6 Å². The standard InChI is InChI=1S/C17H20N4O3S/c1-2-24-17(23)14-10-25-16(20-14)12-5-7-21(8-6-12)15(22)4-3-13-9-18-11-19-13/h3-4,9-12H,2,5-8H2,1H3,(H,18,19). The monoisotopic (exact) mass is 360 g/mol. The van der Waals surface area contributed by atoms with Gasteiger partial charge in [0.15, 0.2) is 5.69 Å². The highest BCUT2D eigenvalue weighted by atomic mass is 32.1. The van der Waals surface area contributed by atoms with E-state index in [1.165, 1.54) is 11.3 Å². The summed E-state index contributed by atoms with van der Waals surface area (Å²) in [6.45, 7) is 3.49. The number of esters is 1. The quantitative estimate of drug-likeness (QED) is 0.654. The summed E-state index contributed by atoms with van der Waals surface area (Å²) in [6, 6.07) is 0. The largest absolute Gasteiger partial charge is 0.461 e. The first-order chi connectivity index (χ1) is 12.2. The van der Waals surface area contributed by atoms with E-state index >= 15 is 0 Å². The second-order valence-electron chi connectivity index (χ2n) is 5.73. The van der Waals surface area contributed by atoms with Crippen molar-refractivity contribution in [3.63, 3.8) is 0 Å². The molecule has 0 saturated carbocycles. The summed E-state index contributed by atoms with van der Waals surface area (Å²) in [4.78, 5) is 37.0. The molecule has 0 radical (unpaired) electrons. The minimum Gasteiger partial charge on any atom is -0.461 e. The van der Waals surface area contributed by atoms with Crippen LogP contribution in [0, 0.1) is 0 Å². The van der Waals surface area contributed by atoms with Crippen LogP contribution < -0.4 is 0 Å². The number of hydrogen-bond donors (Lipinski definition) is 1. The maximum Gasteiger partial charge on any atom is 0.357 e. The van der Waals surface area contributed by atoms with Crippen molar-refractivity contribution in [3.05, 3.63) is 40.4 Å². The molecule has 1 amide bonds. The fourth-order valence-corrected chi connectivity index (χ4v) is 3.71. The van der Waals surface area contributed by atoms with Crippen molar-refractivity contribution < 1.29 is 14.3 Å². The number of aromatic amines is 1. The van der Waals surface area contributed by atoms with Crippen molar-refractivity contribution >= 4 is 29.3 Å². The van der Waals surface area contributed by atoms with Crippen LogP contribution in [0.1, 0.15) is 46.9 Å². The number of rotatable bonds is 5. The second-order valence-corrected chi connectivity index (χ2v) is 6.62. The number of aromatic nitrogens is 3. The highest BCUT2D eigenvalue weighted by molar-refractivity contribution is 7.09. The Hall–Kier alpha value is -2.48. The zero-order valence-corrected chi connectivity index (χ0v) is 14.8. The average Bonchev–Trinajstić information content (AvgIpc) is 3.32. The molecule has 1 saturated heterocycles. The zero-order chi connectivity index (χ0) is 17.6. The molecule has 25 heavy (non-hydrogen) atoms. The Labute approximate surface area is 149 Å². The molecule has 2 aromatic rings. The van der Waals surface area contributed by atoms with E-state index in [-0.39, 0.29) is 17.8 Å². The number of piperidine rings is 1. The lowest BCUT2D eigenvalue weighted by molar-refractivity contribution is -0.126. The number of carbonyl (C=O) groups is 2. The molecule has 0 spiro atoms. The smallest absolute Gasteiger partial charge is 0.357 e. The van der Waals surface area contributed by atoms with E-state index in [1.54, 1.807) is 37.0 Å². The molecule has 8 heteroatoms. The first-order valence-electron chi connectivity index (χ1n) is 8.25. The summed E-state index contributed by atoms with van der Waals surface area (Å²) in [5, 5.41) is 2.70. The Morgan fingerprint density at radius 3 is 2.92 bits per heavy atom. The van der Waals surface area contributed by atoms with Gasteiger partial charge in [-0.15, -0.1) is 11.3 Å². The molecule has 132 valence electrons. The van der Waals surface area contributed by atoms with Gasteiger partial charge in [-0.2, -0.15) is 0 Å². The van der Waals surface area contributed by atoms with E-state index in [9.17, 15) is 9.59 Å². The van der Waals surface area contributed by atoms with Gasteiger partial charge in [0.2, 0.25) is 5.91 Å². The van der Waals surface area contributed by atoms with Crippen molar-refractivity contribution in [2.45, 2.75) is 25.7 Å². The zero-order valence-electron chi connectivity index (χ0n) is 14.0. The number of carbonyl (C=O) groups excluding carboxylic acids is 2. The van der Waals surface area contributed by atoms with Crippen molar-refractivity contribution in [2.75, 3.05) is 19.7 Å². The lowest BCUT2D eigenvalue weighted by Gasteiger charge is -2.30. The molecule has 0 unspecified atom stereocenters. The van der Waals surface area contributed by atoms with Crippen molar-refractivity contribution in [3.8, 4) is 0 Å². The molecule has 1 N–H and O–H groups in total. The topological polar surface area (TPSA) is 88.2 Å². The summed E-state index contributed by atoms with van der Waals surface area (Å²) in [6.07, 6.45) is 8.23. The van der Waals surface area contributed by atoms with E-state index in [2.05, 4.69) is 15.0 Å². The average molecular weight is 360 g/mol. The van der Waals surface area contributed by atoms with Gasteiger partial charge in [0.05, 0.1) is 29.8 Å². The highest BCUT2D eigenvalue weighted by Crippen LogP contribution is 2.30. The molecule has 1 aliphatic heterocycles. The predicted molar refractivity (Wildman–Crippen MR) is 94.2 cm³/mol. The third-order valence-corrected chi connectivity index (χ3v) is 5.09. The van der Waals surface area contributed by atoms with E-state index in [4.69, 9.17) is 4.74 Å². The maximum absolute atomic E-state index is 12.2. The number of imidazole rings is 1. The molecular weight excluding hydrogens is 340 g/mol. The normalized spacial score (nSPS) is 15.6. The van der Waals surface area contributed by atoms with Gasteiger partial charge >= 0.3 is 5.97 Å². The van der Waals surface area contributed by atoms with Crippen molar-refractivity contribution in [1.82, 2.24) is 19.9 Å². The Bertz CT molecular complexity index is 746. The van der Waals surface area contributed by atoms with E-state index < -0.39 is 0 Å². The van der Waals surface area contributed by atoms with Gasteiger partial charge in [-0.05, 0) is 25.8 Å². The molecule has 0 aliphatic carbocycles. The van der Waals surface area contributed by atoms with Crippen LogP contribution in [0.2, 0.25) is 0 Å². The van der Waals surface area contributed by atoms with Crippen LogP contribution in [0.5, 0.6) is 0 Å². The van der Waals surface area contributed by atoms with Gasteiger partial charge in [-0.1, -0.05) is 0 Å². The first-order valence-corrected chi connectivity index (χ1v) is 9.13.